The quantitative estimate of drug-likeness (QED) is 0.543. The van der Waals surface area contributed by atoms with Crippen LogP contribution in [0.4, 0.5) is 0 Å². The number of hydrogen-bond acceptors (Lipinski definition) is 3. The summed E-state index contributed by atoms with van der Waals surface area (Å²) in [7, 11) is 1.73. The van der Waals surface area contributed by atoms with Gasteiger partial charge in [0, 0.05) is 43.9 Å². The molecule has 5 nitrogen and oxygen atoms in total. The molecule has 0 saturated heterocycles. The first-order valence-electron chi connectivity index (χ1n) is 12.2. The molecule has 1 amide bonds. The summed E-state index contributed by atoms with van der Waals surface area (Å²) in [6.07, 6.45) is 3.89. The van der Waals surface area contributed by atoms with Gasteiger partial charge in [0.2, 0.25) is 5.91 Å². The molecule has 0 spiro atoms. The molecule has 0 bridgehead atoms. The Kier molecular flexibility index (Phi) is 7.29. The molecule has 3 aromatic rings. The van der Waals surface area contributed by atoms with E-state index in [1.54, 1.807) is 7.05 Å². The Morgan fingerprint density at radius 2 is 1.79 bits per heavy atom. The van der Waals surface area contributed by atoms with E-state index < -0.39 is 0 Å². The van der Waals surface area contributed by atoms with Gasteiger partial charge >= 0.3 is 0 Å². The topological polar surface area (TPSA) is 50.2 Å². The van der Waals surface area contributed by atoms with Crippen molar-refractivity contribution >= 4 is 5.91 Å². The molecule has 174 valence electrons. The van der Waals surface area contributed by atoms with Crippen LogP contribution < -0.4 is 5.32 Å². The van der Waals surface area contributed by atoms with Crippen molar-refractivity contribution in [2.75, 3.05) is 13.6 Å². The van der Waals surface area contributed by atoms with Crippen LogP contribution in [0.15, 0.2) is 54.6 Å². The van der Waals surface area contributed by atoms with Crippen LogP contribution in [0.3, 0.4) is 0 Å². The lowest BCUT2D eigenvalue weighted by atomic mass is 9.88. The lowest BCUT2D eigenvalue weighted by molar-refractivity contribution is -0.127. The molecule has 2 atom stereocenters. The van der Waals surface area contributed by atoms with Crippen molar-refractivity contribution in [3.63, 3.8) is 0 Å². The number of likely N-dealkylation sites (N-methyl/N-ethyl adjacent to an activating group) is 1. The normalized spacial score (nSPS) is 16.9. The highest BCUT2D eigenvalue weighted by molar-refractivity contribution is 5.83. The average Bonchev–Trinajstić information content (AvgIpc) is 3.20. The molecule has 33 heavy (non-hydrogen) atoms. The summed E-state index contributed by atoms with van der Waals surface area (Å²) in [4.78, 5) is 15.6. The third-order valence-electron chi connectivity index (χ3n) is 7.00. The Balaban J connectivity index is 1.72. The molecular formula is C28H36N4O. The van der Waals surface area contributed by atoms with E-state index in [4.69, 9.17) is 5.10 Å². The van der Waals surface area contributed by atoms with Gasteiger partial charge in [-0.25, -0.2) is 0 Å². The molecule has 0 aliphatic carbocycles. The summed E-state index contributed by atoms with van der Waals surface area (Å²) in [6, 6.07) is 19.0. The summed E-state index contributed by atoms with van der Waals surface area (Å²) in [6.45, 7) is 8.17. The van der Waals surface area contributed by atoms with Crippen molar-refractivity contribution in [1.29, 1.82) is 0 Å². The number of hydrogen-bond donors (Lipinski definition) is 1. The molecule has 1 aliphatic heterocycles. The van der Waals surface area contributed by atoms with Crippen LogP contribution in [0.2, 0.25) is 0 Å². The van der Waals surface area contributed by atoms with Crippen LogP contribution in [-0.2, 0) is 30.6 Å². The third-order valence-corrected chi connectivity index (χ3v) is 7.00. The van der Waals surface area contributed by atoms with Crippen molar-refractivity contribution in [2.45, 2.75) is 65.1 Å². The minimum Gasteiger partial charge on any atom is -0.358 e. The van der Waals surface area contributed by atoms with Gasteiger partial charge in [-0.1, -0.05) is 61.5 Å². The van der Waals surface area contributed by atoms with Crippen LogP contribution in [0.1, 0.15) is 66.0 Å². The summed E-state index contributed by atoms with van der Waals surface area (Å²) in [5.74, 6) is 0.0440. The smallest absolute Gasteiger partial charge is 0.241 e. The highest BCUT2D eigenvalue weighted by atomic mass is 16.2. The van der Waals surface area contributed by atoms with E-state index in [1.165, 1.54) is 22.4 Å². The molecule has 0 fully saturated rings. The van der Waals surface area contributed by atoms with E-state index >= 15 is 0 Å². The lowest BCUT2D eigenvalue weighted by Crippen LogP contribution is -2.45. The van der Waals surface area contributed by atoms with E-state index in [0.717, 1.165) is 50.0 Å². The fourth-order valence-corrected chi connectivity index (χ4v) is 5.29. The largest absolute Gasteiger partial charge is 0.358 e. The Morgan fingerprint density at radius 1 is 1.09 bits per heavy atom. The number of amides is 1. The Bertz CT molecular complexity index is 1070. The Morgan fingerprint density at radius 3 is 2.42 bits per heavy atom. The maximum absolute atomic E-state index is 13.2. The zero-order valence-electron chi connectivity index (χ0n) is 20.3. The monoisotopic (exact) mass is 444 g/mol. The molecule has 1 N–H and O–H groups in total. The van der Waals surface area contributed by atoms with Gasteiger partial charge in [-0.2, -0.15) is 5.10 Å². The van der Waals surface area contributed by atoms with Gasteiger partial charge in [-0.15, -0.1) is 0 Å². The van der Waals surface area contributed by atoms with E-state index in [0.29, 0.717) is 0 Å². The fraction of sp³-hybridized carbons (Fsp3) is 0.429. The van der Waals surface area contributed by atoms with Crippen LogP contribution >= 0.6 is 0 Å². The number of carbonyl (C=O) groups excluding carboxylic acids is 1. The van der Waals surface area contributed by atoms with E-state index in [9.17, 15) is 4.79 Å². The van der Waals surface area contributed by atoms with Gasteiger partial charge in [-0.3, -0.25) is 14.4 Å². The van der Waals surface area contributed by atoms with Gasteiger partial charge in [0.1, 0.15) is 6.04 Å². The zero-order valence-corrected chi connectivity index (χ0v) is 20.3. The predicted molar refractivity (Wildman–Crippen MR) is 133 cm³/mol. The number of aryl methyl sites for hydroxylation is 4. The molecule has 5 heteroatoms. The zero-order chi connectivity index (χ0) is 23.4. The molecular weight excluding hydrogens is 408 g/mol. The number of carbonyl (C=O) groups is 1. The van der Waals surface area contributed by atoms with Crippen LogP contribution in [-0.4, -0.2) is 34.2 Å². The first-order chi connectivity index (χ1) is 16.1. The summed E-state index contributed by atoms with van der Waals surface area (Å²) >= 11 is 0. The van der Waals surface area contributed by atoms with E-state index in [2.05, 4.69) is 72.1 Å². The molecule has 1 aliphatic rings. The first kappa shape index (κ1) is 23.2. The molecule has 1 aromatic heterocycles. The standard InChI is InChI=1S/C28H36N4O/c1-5-21-12-14-22(15-13-21)16-17-24-26-20(3)30-32(6-2)25(26)18-19-31(24)27(28(33)29-4)23-10-8-7-9-11-23/h7-15,24,27H,5-6,16-19H2,1-4H3,(H,29,33)/t24-,27-/m1/s1. The number of nitrogens with one attached hydrogen (secondary N) is 1. The number of benzene rings is 2. The summed E-state index contributed by atoms with van der Waals surface area (Å²) in [5, 5.41) is 7.78. The first-order valence-corrected chi connectivity index (χ1v) is 12.2. The Labute approximate surface area is 197 Å². The minimum absolute atomic E-state index is 0.0440. The fourth-order valence-electron chi connectivity index (χ4n) is 5.29. The molecule has 0 saturated carbocycles. The van der Waals surface area contributed by atoms with Gasteiger partial charge in [0.15, 0.2) is 0 Å². The van der Waals surface area contributed by atoms with Gasteiger partial charge in [-0.05, 0) is 49.8 Å². The van der Waals surface area contributed by atoms with Gasteiger partial charge in [0.25, 0.3) is 0 Å². The minimum atomic E-state index is -0.318. The van der Waals surface area contributed by atoms with Gasteiger partial charge in [0.05, 0.1) is 5.69 Å². The molecule has 2 aromatic carbocycles. The lowest BCUT2D eigenvalue weighted by Gasteiger charge is -2.41. The van der Waals surface area contributed by atoms with Crippen LogP contribution in [0.25, 0.3) is 0 Å². The van der Waals surface area contributed by atoms with Crippen LogP contribution in [0.5, 0.6) is 0 Å². The highest BCUT2D eigenvalue weighted by Gasteiger charge is 2.38. The number of rotatable bonds is 8. The second-order valence-electron chi connectivity index (χ2n) is 8.90. The molecule has 4 rings (SSSR count). The number of fused-ring (bicyclic) bond motifs is 1. The number of aromatic nitrogens is 2. The molecule has 2 heterocycles. The number of nitrogens with zero attached hydrogens (tertiary/aromatic N) is 3. The molecule has 0 unspecified atom stereocenters. The predicted octanol–water partition coefficient (Wildman–Crippen LogP) is 4.79. The van der Waals surface area contributed by atoms with Gasteiger partial charge < -0.3 is 5.32 Å². The van der Waals surface area contributed by atoms with Crippen molar-refractivity contribution in [1.82, 2.24) is 20.0 Å². The van der Waals surface area contributed by atoms with Crippen molar-refractivity contribution in [2.24, 2.45) is 0 Å². The second kappa shape index (κ2) is 10.3. The van der Waals surface area contributed by atoms with Crippen molar-refractivity contribution in [3.05, 3.63) is 88.2 Å². The van der Waals surface area contributed by atoms with E-state index in [1.807, 2.05) is 18.2 Å². The van der Waals surface area contributed by atoms with Crippen molar-refractivity contribution < 1.29 is 4.79 Å². The van der Waals surface area contributed by atoms with Crippen molar-refractivity contribution in [3.8, 4) is 0 Å². The highest BCUT2D eigenvalue weighted by Crippen LogP contribution is 2.40. The summed E-state index contributed by atoms with van der Waals surface area (Å²) < 4.78 is 2.16. The van der Waals surface area contributed by atoms with E-state index in [-0.39, 0.29) is 18.0 Å². The summed E-state index contributed by atoms with van der Waals surface area (Å²) in [5.41, 5.74) is 7.49. The molecule has 0 radical (unpaired) electrons. The third kappa shape index (κ3) is 4.74. The Hall–Kier alpha value is -2.92. The average molecular weight is 445 g/mol. The van der Waals surface area contributed by atoms with Crippen LogP contribution in [0, 0.1) is 6.92 Å². The second-order valence-corrected chi connectivity index (χ2v) is 8.90. The SMILES string of the molecule is CCc1ccc(CC[C@@H]2c3c(C)nn(CC)c3CCN2[C@@H](C(=O)NC)c2ccccc2)cc1. The maximum Gasteiger partial charge on any atom is 0.241 e. The maximum atomic E-state index is 13.2.